The van der Waals surface area contributed by atoms with Crippen LogP contribution in [0.15, 0.2) is 0 Å². The summed E-state index contributed by atoms with van der Waals surface area (Å²) >= 11 is 0. The first kappa shape index (κ1) is 15.8. The average molecular weight is 272 g/mol. The van der Waals surface area contributed by atoms with Crippen LogP contribution in [-0.4, -0.2) is 53.8 Å². The predicted molar refractivity (Wildman–Crippen MR) is 71.0 cm³/mol. The van der Waals surface area contributed by atoms with E-state index in [9.17, 15) is 9.59 Å². The molecule has 19 heavy (non-hydrogen) atoms. The Bertz CT molecular complexity index is 325. The van der Waals surface area contributed by atoms with E-state index in [0.29, 0.717) is 25.6 Å². The Balaban J connectivity index is 2.15. The third-order valence-corrected chi connectivity index (χ3v) is 3.12. The minimum atomic E-state index is -0.988. The van der Waals surface area contributed by atoms with Crippen LogP contribution in [0, 0.1) is 5.92 Å². The Morgan fingerprint density at radius 1 is 1.42 bits per heavy atom. The summed E-state index contributed by atoms with van der Waals surface area (Å²) < 4.78 is 5.24. The zero-order chi connectivity index (χ0) is 14.5. The summed E-state index contributed by atoms with van der Waals surface area (Å²) in [5.74, 6) is -0.341. The molecule has 1 heterocycles. The molecule has 1 saturated heterocycles. The lowest BCUT2D eigenvalue weighted by molar-refractivity contribution is -0.159. The van der Waals surface area contributed by atoms with Crippen molar-refractivity contribution in [1.29, 1.82) is 0 Å². The van der Waals surface area contributed by atoms with Gasteiger partial charge in [-0.05, 0) is 25.7 Å². The van der Waals surface area contributed by atoms with E-state index >= 15 is 0 Å². The molecule has 0 aromatic rings. The third-order valence-electron chi connectivity index (χ3n) is 3.12. The number of rotatable bonds is 7. The topological polar surface area (TPSA) is 78.9 Å². The molecule has 0 aliphatic carbocycles. The Morgan fingerprint density at radius 3 is 2.58 bits per heavy atom. The maximum Gasteiger partial charge on any atom is 0.329 e. The highest BCUT2D eigenvalue weighted by molar-refractivity contribution is 5.75. The summed E-state index contributed by atoms with van der Waals surface area (Å²) in [5.41, 5.74) is -0.520. The smallest absolute Gasteiger partial charge is 0.329 e. The van der Waals surface area contributed by atoms with Crippen molar-refractivity contribution in [2.24, 2.45) is 5.92 Å². The maximum absolute atomic E-state index is 11.7. The fourth-order valence-electron chi connectivity index (χ4n) is 2.05. The lowest BCUT2D eigenvalue weighted by Gasteiger charge is -2.46. The molecule has 0 radical (unpaired) electrons. The molecule has 2 N–H and O–H groups in total. The second-order valence-electron chi connectivity index (χ2n) is 5.76. The van der Waals surface area contributed by atoms with Crippen LogP contribution < -0.4 is 5.32 Å². The van der Waals surface area contributed by atoms with Gasteiger partial charge in [0.05, 0.1) is 13.1 Å². The van der Waals surface area contributed by atoms with Gasteiger partial charge >= 0.3 is 12.0 Å². The molecule has 0 aromatic carbocycles. The molecule has 1 aliphatic heterocycles. The number of amides is 2. The summed E-state index contributed by atoms with van der Waals surface area (Å²) in [6.07, 6.45) is 2.07. The van der Waals surface area contributed by atoms with Crippen LogP contribution in [0.2, 0.25) is 0 Å². The number of nitrogens with one attached hydrogen (secondary N) is 1. The summed E-state index contributed by atoms with van der Waals surface area (Å²) in [5, 5.41) is 11.4. The molecule has 2 amide bonds. The van der Waals surface area contributed by atoms with Gasteiger partial charge in [-0.15, -0.1) is 0 Å². The number of nitrogens with zero attached hydrogens (tertiary/aromatic N) is 1. The highest BCUT2D eigenvalue weighted by Crippen LogP contribution is 2.24. The van der Waals surface area contributed by atoms with Crippen molar-refractivity contribution in [3.63, 3.8) is 0 Å². The standard InChI is InChI=1S/C13H24N2O4/c1-10(2)5-4-6-14-12(18)15-8-13(3,9-15)19-7-11(16)17/h10H,4-9H2,1-3H3,(H,14,18)(H,16,17). The van der Waals surface area contributed by atoms with Crippen LogP contribution in [0.1, 0.15) is 33.6 Å². The normalized spacial score (nSPS) is 17.2. The number of aliphatic carboxylic acids is 1. The fraction of sp³-hybridized carbons (Fsp3) is 0.846. The van der Waals surface area contributed by atoms with Crippen LogP contribution in [0.3, 0.4) is 0 Å². The van der Waals surface area contributed by atoms with Gasteiger partial charge in [-0.1, -0.05) is 13.8 Å². The summed E-state index contributed by atoms with van der Waals surface area (Å²) in [6.45, 7) is 7.37. The van der Waals surface area contributed by atoms with Crippen LogP contribution in [0.4, 0.5) is 4.79 Å². The first-order valence-corrected chi connectivity index (χ1v) is 6.71. The number of carbonyl (C=O) groups is 2. The van der Waals surface area contributed by atoms with Gasteiger partial charge in [0.25, 0.3) is 0 Å². The van der Waals surface area contributed by atoms with E-state index in [4.69, 9.17) is 9.84 Å². The lowest BCUT2D eigenvalue weighted by atomic mass is 9.97. The van der Waals surface area contributed by atoms with E-state index in [1.54, 1.807) is 4.90 Å². The number of ether oxygens (including phenoxy) is 1. The minimum absolute atomic E-state index is 0.0971. The number of carbonyl (C=O) groups excluding carboxylic acids is 1. The Hall–Kier alpha value is -1.30. The second-order valence-corrected chi connectivity index (χ2v) is 5.76. The summed E-state index contributed by atoms with van der Waals surface area (Å²) in [4.78, 5) is 23.8. The van der Waals surface area contributed by atoms with Gasteiger partial charge in [-0.2, -0.15) is 0 Å². The van der Waals surface area contributed by atoms with Crippen molar-refractivity contribution < 1.29 is 19.4 Å². The second kappa shape index (κ2) is 6.75. The van der Waals surface area contributed by atoms with Crippen molar-refractivity contribution in [2.45, 2.75) is 39.2 Å². The van der Waals surface area contributed by atoms with Gasteiger partial charge in [-0.25, -0.2) is 9.59 Å². The van der Waals surface area contributed by atoms with E-state index in [-0.39, 0.29) is 12.6 Å². The Labute approximate surface area is 114 Å². The van der Waals surface area contributed by atoms with Gasteiger partial charge in [0.1, 0.15) is 12.2 Å². The minimum Gasteiger partial charge on any atom is -0.480 e. The van der Waals surface area contributed by atoms with Crippen LogP contribution in [0.25, 0.3) is 0 Å². The lowest BCUT2D eigenvalue weighted by Crippen LogP contribution is -2.65. The molecular weight excluding hydrogens is 248 g/mol. The van der Waals surface area contributed by atoms with E-state index < -0.39 is 11.6 Å². The van der Waals surface area contributed by atoms with Gasteiger partial charge < -0.3 is 20.1 Å². The molecule has 6 nitrogen and oxygen atoms in total. The van der Waals surface area contributed by atoms with Crippen molar-refractivity contribution >= 4 is 12.0 Å². The Kier molecular flexibility index (Phi) is 5.60. The quantitative estimate of drug-likeness (QED) is 0.685. The van der Waals surface area contributed by atoms with Crippen molar-refractivity contribution in [3.05, 3.63) is 0 Å². The molecule has 0 saturated carbocycles. The van der Waals surface area contributed by atoms with Gasteiger partial charge in [0.15, 0.2) is 0 Å². The zero-order valence-corrected chi connectivity index (χ0v) is 11.9. The number of likely N-dealkylation sites (tertiary alicyclic amines) is 1. The van der Waals surface area contributed by atoms with Crippen molar-refractivity contribution in [1.82, 2.24) is 10.2 Å². The van der Waals surface area contributed by atoms with E-state index in [1.165, 1.54) is 0 Å². The monoisotopic (exact) mass is 272 g/mol. The SMILES string of the molecule is CC(C)CCCNC(=O)N1CC(C)(OCC(=O)O)C1. The molecule has 0 atom stereocenters. The van der Waals surface area contributed by atoms with E-state index in [0.717, 1.165) is 12.8 Å². The fourth-order valence-corrected chi connectivity index (χ4v) is 2.05. The molecule has 0 aromatic heterocycles. The molecule has 1 rings (SSSR count). The number of carboxylic acids is 1. The molecule has 110 valence electrons. The van der Waals surface area contributed by atoms with E-state index in [2.05, 4.69) is 19.2 Å². The molecule has 1 fully saturated rings. The number of urea groups is 1. The maximum atomic E-state index is 11.7. The van der Waals surface area contributed by atoms with Gasteiger partial charge in [0, 0.05) is 6.54 Å². The third kappa shape index (κ3) is 5.46. The van der Waals surface area contributed by atoms with Gasteiger partial charge in [0.2, 0.25) is 0 Å². The summed E-state index contributed by atoms with van der Waals surface area (Å²) in [7, 11) is 0. The van der Waals surface area contributed by atoms with Gasteiger partial charge in [-0.3, -0.25) is 0 Å². The molecule has 1 aliphatic rings. The molecule has 0 spiro atoms. The highest BCUT2D eigenvalue weighted by atomic mass is 16.5. The number of hydrogen-bond donors (Lipinski definition) is 2. The molecule has 0 unspecified atom stereocenters. The van der Waals surface area contributed by atoms with Crippen molar-refractivity contribution in [3.8, 4) is 0 Å². The average Bonchev–Trinajstić information content (AvgIpc) is 2.28. The molecule has 0 bridgehead atoms. The molecule has 6 heteroatoms. The number of carboxylic acid groups (broad SMARTS) is 1. The number of hydrogen-bond acceptors (Lipinski definition) is 3. The van der Waals surface area contributed by atoms with E-state index in [1.807, 2.05) is 6.92 Å². The van der Waals surface area contributed by atoms with Crippen LogP contribution >= 0.6 is 0 Å². The highest BCUT2D eigenvalue weighted by Gasteiger charge is 2.42. The first-order valence-electron chi connectivity index (χ1n) is 6.71. The van der Waals surface area contributed by atoms with Crippen molar-refractivity contribution in [2.75, 3.05) is 26.2 Å². The van der Waals surface area contributed by atoms with Crippen LogP contribution in [0.5, 0.6) is 0 Å². The molecular formula is C13H24N2O4. The predicted octanol–water partition coefficient (Wildman–Crippen LogP) is 1.31. The summed E-state index contributed by atoms with van der Waals surface area (Å²) in [6, 6.07) is -0.0971. The largest absolute Gasteiger partial charge is 0.480 e. The Morgan fingerprint density at radius 2 is 2.05 bits per heavy atom. The first-order chi connectivity index (χ1) is 8.82. The van der Waals surface area contributed by atoms with Crippen LogP contribution in [-0.2, 0) is 9.53 Å². The zero-order valence-electron chi connectivity index (χ0n) is 11.9.